The fourth-order valence-electron chi connectivity index (χ4n) is 2.04. The summed E-state index contributed by atoms with van der Waals surface area (Å²) in [5.74, 6) is 0.0595. The van der Waals surface area contributed by atoms with Crippen molar-refractivity contribution in [3.8, 4) is 0 Å². The number of para-hydroxylation sites is 1. The minimum Gasteiger partial charge on any atom is -0.352 e. The van der Waals surface area contributed by atoms with E-state index in [4.69, 9.17) is 0 Å². The number of nitrogens with zero attached hydrogens (tertiary/aromatic N) is 1. The van der Waals surface area contributed by atoms with E-state index >= 15 is 0 Å². The van der Waals surface area contributed by atoms with E-state index in [9.17, 15) is 9.18 Å². The molecule has 2 aromatic carbocycles. The number of rotatable bonds is 5. The van der Waals surface area contributed by atoms with Gasteiger partial charge in [0.25, 0.3) is 0 Å². The van der Waals surface area contributed by atoms with Crippen LogP contribution in [0.15, 0.2) is 53.5 Å². The van der Waals surface area contributed by atoms with Gasteiger partial charge in [-0.2, -0.15) is 0 Å². The summed E-state index contributed by atoms with van der Waals surface area (Å²) in [5.41, 5.74) is 2.15. The monoisotopic (exact) mass is 456 g/mol. The van der Waals surface area contributed by atoms with Crippen LogP contribution < -0.4 is 16.0 Å². The Bertz CT molecular complexity index is 722. The number of amides is 1. The summed E-state index contributed by atoms with van der Waals surface area (Å²) < 4.78 is 13.5. The van der Waals surface area contributed by atoms with E-state index in [0.717, 1.165) is 11.3 Å². The standard InChI is InChI=1S/C18H21FN4O.HI/c1-13-8-9-14(10-16(13)19)11-21-18(20-2)22-12-17(24)23-15-6-4-3-5-7-15;/h3-10H,11-12H2,1-2H3,(H,23,24)(H2,20,21,22);1H. The van der Waals surface area contributed by atoms with Crippen molar-refractivity contribution in [3.05, 3.63) is 65.5 Å². The van der Waals surface area contributed by atoms with Crippen LogP contribution >= 0.6 is 24.0 Å². The number of carbonyl (C=O) groups is 1. The quantitative estimate of drug-likeness (QED) is 0.368. The van der Waals surface area contributed by atoms with Crippen molar-refractivity contribution in [1.29, 1.82) is 0 Å². The summed E-state index contributed by atoms with van der Waals surface area (Å²) in [6.07, 6.45) is 0. The predicted octanol–water partition coefficient (Wildman–Crippen LogP) is 3.06. The van der Waals surface area contributed by atoms with Gasteiger partial charge in [-0.3, -0.25) is 9.79 Å². The van der Waals surface area contributed by atoms with Crippen molar-refractivity contribution in [3.63, 3.8) is 0 Å². The Morgan fingerprint density at radius 2 is 1.84 bits per heavy atom. The van der Waals surface area contributed by atoms with Gasteiger partial charge < -0.3 is 16.0 Å². The van der Waals surface area contributed by atoms with Gasteiger partial charge in [0.1, 0.15) is 5.82 Å². The molecular formula is C18H22FIN4O. The maximum absolute atomic E-state index is 13.5. The van der Waals surface area contributed by atoms with Crippen molar-refractivity contribution >= 4 is 41.5 Å². The molecule has 0 aliphatic heterocycles. The summed E-state index contributed by atoms with van der Waals surface area (Å²) in [5, 5.41) is 8.74. The summed E-state index contributed by atoms with van der Waals surface area (Å²) in [4.78, 5) is 15.9. The van der Waals surface area contributed by atoms with E-state index < -0.39 is 0 Å². The lowest BCUT2D eigenvalue weighted by Crippen LogP contribution is -2.41. The number of hydrogen-bond donors (Lipinski definition) is 3. The van der Waals surface area contributed by atoms with Gasteiger partial charge in [-0.15, -0.1) is 24.0 Å². The third-order valence-corrected chi connectivity index (χ3v) is 3.39. The first-order chi connectivity index (χ1) is 11.6. The molecule has 7 heteroatoms. The maximum Gasteiger partial charge on any atom is 0.243 e. The number of aryl methyl sites for hydroxylation is 1. The second-order valence-corrected chi connectivity index (χ2v) is 5.28. The van der Waals surface area contributed by atoms with Gasteiger partial charge in [-0.05, 0) is 36.2 Å². The average molecular weight is 456 g/mol. The van der Waals surface area contributed by atoms with Crippen LogP contribution in [0, 0.1) is 12.7 Å². The number of carbonyl (C=O) groups excluding carboxylic acids is 1. The summed E-state index contributed by atoms with van der Waals surface area (Å²) >= 11 is 0. The maximum atomic E-state index is 13.5. The van der Waals surface area contributed by atoms with Crippen molar-refractivity contribution in [2.24, 2.45) is 4.99 Å². The zero-order valence-electron chi connectivity index (χ0n) is 14.2. The smallest absolute Gasteiger partial charge is 0.243 e. The Kier molecular flexibility index (Phi) is 8.90. The van der Waals surface area contributed by atoms with Gasteiger partial charge in [0, 0.05) is 19.3 Å². The second kappa shape index (κ2) is 10.7. The Morgan fingerprint density at radius 1 is 1.12 bits per heavy atom. The lowest BCUT2D eigenvalue weighted by molar-refractivity contribution is -0.115. The third-order valence-electron chi connectivity index (χ3n) is 3.39. The number of aliphatic imine (C=N–C) groups is 1. The van der Waals surface area contributed by atoms with Crippen LogP contribution in [-0.4, -0.2) is 25.5 Å². The van der Waals surface area contributed by atoms with Crippen molar-refractivity contribution in [2.45, 2.75) is 13.5 Å². The average Bonchev–Trinajstić information content (AvgIpc) is 2.59. The first kappa shape index (κ1) is 20.9. The molecule has 0 fully saturated rings. The van der Waals surface area contributed by atoms with Crippen LogP contribution in [0.3, 0.4) is 0 Å². The van der Waals surface area contributed by atoms with Crippen molar-refractivity contribution in [2.75, 3.05) is 18.9 Å². The van der Waals surface area contributed by atoms with Crippen molar-refractivity contribution in [1.82, 2.24) is 10.6 Å². The van der Waals surface area contributed by atoms with E-state index in [0.29, 0.717) is 18.1 Å². The Balaban J connectivity index is 0.00000312. The van der Waals surface area contributed by atoms with Crippen LogP contribution in [0.4, 0.5) is 10.1 Å². The minimum absolute atomic E-state index is 0. The number of halogens is 2. The molecule has 134 valence electrons. The van der Waals surface area contributed by atoms with E-state index in [-0.39, 0.29) is 42.2 Å². The number of anilines is 1. The molecule has 2 aromatic rings. The second-order valence-electron chi connectivity index (χ2n) is 5.28. The molecule has 2 rings (SSSR count). The van der Waals surface area contributed by atoms with Gasteiger partial charge in [-0.25, -0.2) is 4.39 Å². The minimum atomic E-state index is -0.237. The van der Waals surface area contributed by atoms with Crippen LogP contribution in [0.25, 0.3) is 0 Å². The molecule has 0 saturated heterocycles. The number of nitrogens with one attached hydrogen (secondary N) is 3. The molecule has 0 bridgehead atoms. The molecule has 0 saturated carbocycles. The normalized spacial score (nSPS) is 10.6. The van der Waals surface area contributed by atoms with Gasteiger partial charge in [0.2, 0.25) is 5.91 Å². The molecule has 0 aliphatic rings. The molecule has 0 aliphatic carbocycles. The van der Waals surface area contributed by atoms with Gasteiger partial charge in [-0.1, -0.05) is 30.3 Å². The SMILES string of the molecule is CN=C(NCC(=O)Nc1ccccc1)NCc1ccc(C)c(F)c1.I. The van der Waals surface area contributed by atoms with Crippen LogP contribution in [0.1, 0.15) is 11.1 Å². The largest absolute Gasteiger partial charge is 0.352 e. The highest BCUT2D eigenvalue weighted by molar-refractivity contribution is 14.0. The third kappa shape index (κ3) is 7.08. The van der Waals surface area contributed by atoms with Crippen LogP contribution in [0.5, 0.6) is 0 Å². The fourth-order valence-corrected chi connectivity index (χ4v) is 2.04. The summed E-state index contributed by atoms with van der Waals surface area (Å²) in [6.45, 7) is 2.21. The van der Waals surface area contributed by atoms with E-state index in [2.05, 4.69) is 20.9 Å². The summed E-state index contributed by atoms with van der Waals surface area (Å²) in [7, 11) is 1.61. The highest BCUT2D eigenvalue weighted by Crippen LogP contribution is 2.08. The lowest BCUT2D eigenvalue weighted by atomic mass is 10.1. The number of hydrogen-bond acceptors (Lipinski definition) is 2. The first-order valence-corrected chi connectivity index (χ1v) is 7.63. The topological polar surface area (TPSA) is 65.5 Å². The van der Waals surface area contributed by atoms with Gasteiger partial charge in [0.15, 0.2) is 5.96 Å². The molecule has 0 aromatic heterocycles. The molecular weight excluding hydrogens is 434 g/mol. The summed E-state index contributed by atoms with van der Waals surface area (Å²) in [6, 6.07) is 14.3. The van der Waals surface area contributed by atoms with E-state index in [1.807, 2.05) is 36.4 Å². The van der Waals surface area contributed by atoms with E-state index in [1.165, 1.54) is 6.07 Å². The fraction of sp³-hybridized carbons (Fsp3) is 0.222. The molecule has 0 atom stereocenters. The zero-order valence-corrected chi connectivity index (χ0v) is 16.5. The molecule has 5 nitrogen and oxygen atoms in total. The van der Waals surface area contributed by atoms with Crippen LogP contribution in [-0.2, 0) is 11.3 Å². The Morgan fingerprint density at radius 3 is 2.48 bits per heavy atom. The highest BCUT2D eigenvalue weighted by Gasteiger charge is 2.05. The molecule has 25 heavy (non-hydrogen) atoms. The molecule has 3 N–H and O–H groups in total. The Labute approximate surface area is 164 Å². The molecule has 1 amide bonds. The van der Waals surface area contributed by atoms with Gasteiger partial charge in [0.05, 0.1) is 6.54 Å². The molecule has 0 spiro atoms. The first-order valence-electron chi connectivity index (χ1n) is 7.63. The van der Waals surface area contributed by atoms with Crippen LogP contribution in [0.2, 0.25) is 0 Å². The van der Waals surface area contributed by atoms with Gasteiger partial charge >= 0.3 is 0 Å². The molecule has 0 unspecified atom stereocenters. The molecule has 0 heterocycles. The Hall–Kier alpha value is -2.16. The lowest BCUT2D eigenvalue weighted by Gasteiger charge is -2.12. The predicted molar refractivity (Wildman–Crippen MR) is 110 cm³/mol. The molecule has 0 radical (unpaired) electrons. The highest BCUT2D eigenvalue weighted by atomic mass is 127. The number of benzene rings is 2. The number of guanidine groups is 1. The zero-order chi connectivity index (χ0) is 17.4. The van der Waals surface area contributed by atoms with E-state index in [1.54, 1.807) is 20.0 Å². The van der Waals surface area contributed by atoms with Crippen molar-refractivity contribution < 1.29 is 9.18 Å².